The number of allylic oxidation sites excluding steroid dienone is 1. The molecule has 3 heterocycles. The van der Waals surface area contributed by atoms with Gasteiger partial charge >= 0.3 is 11.9 Å². The Bertz CT molecular complexity index is 1790. The third-order valence-electron chi connectivity index (χ3n) is 8.42. The molecule has 11 nitrogen and oxygen atoms in total. The van der Waals surface area contributed by atoms with Gasteiger partial charge in [0.25, 0.3) is 17.4 Å². The number of fused-ring (bicyclic) bond motifs is 2. The first-order valence-corrected chi connectivity index (χ1v) is 14.1. The number of aliphatic hydroxyl groups is 1. The van der Waals surface area contributed by atoms with Crippen molar-refractivity contribution in [1.82, 2.24) is 9.80 Å². The standard InChI is InChI=1S/C34H29N3O8/c1-20-24(31(40)44-2)27(22-15-9-5-10-16-22)37-28(35(20)19-21-13-7-4-8-14-21)25-26(34(43,32(37)41)33(42)45-3)30(39)36(29(25)38)23-17-11-6-12-18-23/h4-18,26-27,43H,19H2,1-3H3/t26-,27-,34+/m1/s1. The van der Waals surface area contributed by atoms with Crippen LogP contribution in [0.25, 0.3) is 0 Å². The van der Waals surface area contributed by atoms with Crippen LogP contribution in [-0.2, 0) is 40.0 Å². The number of benzene rings is 3. The summed E-state index contributed by atoms with van der Waals surface area (Å²) in [6.07, 6.45) is 0. The number of ether oxygens (including phenoxy) is 2. The second-order valence-electron chi connectivity index (χ2n) is 10.8. The molecule has 0 aromatic heterocycles. The van der Waals surface area contributed by atoms with Gasteiger partial charge < -0.3 is 19.5 Å². The summed E-state index contributed by atoms with van der Waals surface area (Å²) in [7, 11) is 2.18. The van der Waals surface area contributed by atoms with Gasteiger partial charge in [-0.3, -0.25) is 19.3 Å². The van der Waals surface area contributed by atoms with Crippen molar-refractivity contribution < 1.29 is 38.6 Å². The van der Waals surface area contributed by atoms with E-state index in [4.69, 9.17) is 9.47 Å². The highest BCUT2D eigenvalue weighted by Gasteiger charge is 2.70. The molecule has 0 saturated carbocycles. The van der Waals surface area contributed by atoms with Gasteiger partial charge in [-0.05, 0) is 30.2 Å². The van der Waals surface area contributed by atoms with Crippen LogP contribution in [0.4, 0.5) is 5.69 Å². The summed E-state index contributed by atoms with van der Waals surface area (Å²) in [6.45, 7) is 1.72. The molecule has 1 N–H and O–H groups in total. The van der Waals surface area contributed by atoms with Crippen molar-refractivity contribution in [2.24, 2.45) is 5.92 Å². The Morgan fingerprint density at radius 3 is 2.00 bits per heavy atom. The van der Waals surface area contributed by atoms with E-state index in [1.54, 1.807) is 60.4 Å². The van der Waals surface area contributed by atoms with E-state index in [1.165, 1.54) is 19.2 Å². The lowest BCUT2D eigenvalue weighted by atomic mass is 9.76. The minimum atomic E-state index is -3.14. The summed E-state index contributed by atoms with van der Waals surface area (Å²) in [4.78, 5) is 73.8. The van der Waals surface area contributed by atoms with Crippen molar-refractivity contribution in [3.05, 3.63) is 125 Å². The first-order chi connectivity index (χ1) is 21.7. The van der Waals surface area contributed by atoms with Crippen LogP contribution in [-0.4, -0.2) is 64.4 Å². The second kappa shape index (κ2) is 11.2. The number of nitrogens with zero attached hydrogens (tertiary/aromatic N) is 3. The predicted molar refractivity (Wildman–Crippen MR) is 159 cm³/mol. The van der Waals surface area contributed by atoms with Gasteiger partial charge in [-0.25, -0.2) is 14.5 Å². The van der Waals surface area contributed by atoms with Gasteiger partial charge in [0, 0.05) is 12.2 Å². The average Bonchev–Trinajstić information content (AvgIpc) is 3.34. The molecule has 0 spiro atoms. The van der Waals surface area contributed by atoms with Crippen molar-refractivity contribution in [2.75, 3.05) is 19.1 Å². The molecule has 0 unspecified atom stereocenters. The molecule has 3 atom stereocenters. The van der Waals surface area contributed by atoms with Crippen LogP contribution < -0.4 is 4.90 Å². The number of carbonyl (C=O) groups is 5. The first-order valence-electron chi connectivity index (χ1n) is 14.1. The second-order valence-corrected chi connectivity index (χ2v) is 10.8. The molecular formula is C34H29N3O8. The highest BCUT2D eigenvalue weighted by atomic mass is 16.5. The largest absolute Gasteiger partial charge is 0.466 e. The lowest BCUT2D eigenvalue weighted by molar-refractivity contribution is -0.183. The maximum absolute atomic E-state index is 14.7. The summed E-state index contributed by atoms with van der Waals surface area (Å²) in [5.74, 6) is -7.17. The summed E-state index contributed by atoms with van der Waals surface area (Å²) < 4.78 is 10.1. The molecule has 0 bridgehead atoms. The monoisotopic (exact) mass is 607 g/mol. The fraction of sp³-hybridized carbons (Fsp3) is 0.206. The van der Waals surface area contributed by atoms with E-state index in [1.807, 2.05) is 30.3 Å². The molecule has 0 aliphatic carbocycles. The number of hydrogen-bond acceptors (Lipinski definition) is 9. The summed E-state index contributed by atoms with van der Waals surface area (Å²) in [5.41, 5.74) is -1.65. The molecule has 228 valence electrons. The van der Waals surface area contributed by atoms with E-state index >= 15 is 0 Å². The molecule has 1 fully saturated rings. The molecule has 6 rings (SSSR count). The maximum atomic E-state index is 14.7. The highest BCUT2D eigenvalue weighted by molar-refractivity contribution is 6.33. The Balaban J connectivity index is 1.73. The average molecular weight is 608 g/mol. The van der Waals surface area contributed by atoms with Crippen LogP contribution in [0.2, 0.25) is 0 Å². The van der Waals surface area contributed by atoms with Gasteiger partial charge in [0.05, 0.1) is 37.1 Å². The quantitative estimate of drug-likeness (QED) is 0.255. The van der Waals surface area contributed by atoms with Gasteiger partial charge in [0.1, 0.15) is 11.7 Å². The van der Waals surface area contributed by atoms with Gasteiger partial charge in [-0.1, -0.05) is 78.9 Å². The lowest BCUT2D eigenvalue weighted by Gasteiger charge is -2.51. The van der Waals surface area contributed by atoms with Crippen molar-refractivity contribution in [3.8, 4) is 0 Å². The Hall–Kier alpha value is -5.55. The third-order valence-corrected chi connectivity index (χ3v) is 8.42. The Morgan fingerprint density at radius 2 is 1.42 bits per heavy atom. The molecular weight excluding hydrogens is 578 g/mol. The van der Waals surface area contributed by atoms with Gasteiger partial charge in [0.15, 0.2) is 0 Å². The zero-order valence-electron chi connectivity index (χ0n) is 24.7. The van der Waals surface area contributed by atoms with Crippen LogP contribution in [0.15, 0.2) is 114 Å². The molecule has 3 aliphatic rings. The fourth-order valence-electron chi connectivity index (χ4n) is 6.35. The minimum Gasteiger partial charge on any atom is -0.466 e. The highest BCUT2D eigenvalue weighted by Crippen LogP contribution is 2.52. The number of methoxy groups -OCH3 is 2. The van der Waals surface area contributed by atoms with E-state index in [0.29, 0.717) is 11.3 Å². The van der Waals surface area contributed by atoms with Crippen molar-refractivity contribution >= 4 is 35.3 Å². The molecule has 45 heavy (non-hydrogen) atoms. The summed E-state index contributed by atoms with van der Waals surface area (Å²) in [6, 6.07) is 24.4. The number of anilines is 1. The molecule has 11 heteroatoms. The normalized spacial score (nSPS) is 22.8. The van der Waals surface area contributed by atoms with Crippen molar-refractivity contribution in [2.45, 2.75) is 25.1 Å². The Kier molecular flexibility index (Phi) is 7.33. The number of imide groups is 1. The molecule has 0 radical (unpaired) electrons. The Labute approximate surface area is 258 Å². The van der Waals surface area contributed by atoms with Gasteiger partial charge in [0.2, 0.25) is 5.91 Å². The van der Waals surface area contributed by atoms with E-state index in [2.05, 4.69) is 0 Å². The smallest absolute Gasteiger partial charge is 0.349 e. The number of para-hydroxylation sites is 1. The van der Waals surface area contributed by atoms with E-state index in [0.717, 1.165) is 22.5 Å². The van der Waals surface area contributed by atoms with Crippen molar-refractivity contribution in [3.63, 3.8) is 0 Å². The number of amides is 3. The summed E-state index contributed by atoms with van der Waals surface area (Å²) >= 11 is 0. The number of esters is 2. The number of hydrogen-bond donors (Lipinski definition) is 1. The first kappa shape index (κ1) is 29.5. The minimum absolute atomic E-state index is 0.0294. The molecule has 1 saturated heterocycles. The topological polar surface area (TPSA) is 134 Å². The van der Waals surface area contributed by atoms with Crippen LogP contribution in [0, 0.1) is 5.92 Å². The van der Waals surface area contributed by atoms with Crippen LogP contribution >= 0.6 is 0 Å². The maximum Gasteiger partial charge on any atom is 0.349 e. The van der Waals surface area contributed by atoms with E-state index < -0.39 is 47.2 Å². The zero-order chi connectivity index (χ0) is 32.0. The number of rotatable bonds is 6. The molecule has 3 aliphatic heterocycles. The summed E-state index contributed by atoms with van der Waals surface area (Å²) in [5, 5.41) is 12.1. The SMILES string of the molecule is COC(=O)C1=C(C)N(Cc2ccccc2)C2=C3C(=O)N(c4ccccc4)C(=O)[C@@H]3[C@@](O)(C(=O)OC)C(=O)N2[C@@H]1c1ccccc1. The number of carbonyl (C=O) groups excluding carboxylic acids is 5. The zero-order valence-corrected chi connectivity index (χ0v) is 24.7. The van der Waals surface area contributed by atoms with Crippen LogP contribution in [0.5, 0.6) is 0 Å². The van der Waals surface area contributed by atoms with Crippen molar-refractivity contribution in [1.29, 1.82) is 0 Å². The lowest BCUT2D eigenvalue weighted by Crippen LogP contribution is -2.66. The molecule has 3 amide bonds. The van der Waals surface area contributed by atoms with E-state index in [9.17, 15) is 29.1 Å². The van der Waals surface area contributed by atoms with E-state index in [-0.39, 0.29) is 29.2 Å². The Morgan fingerprint density at radius 1 is 0.844 bits per heavy atom. The van der Waals surface area contributed by atoms with Gasteiger partial charge in [-0.15, -0.1) is 0 Å². The third kappa shape index (κ3) is 4.34. The van der Waals surface area contributed by atoms with Crippen LogP contribution in [0.3, 0.4) is 0 Å². The molecule has 3 aromatic rings. The molecule has 3 aromatic carbocycles. The fourth-order valence-corrected chi connectivity index (χ4v) is 6.35. The predicted octanol–water partition coefficient (Wildman–Crippen LogP) is 2.84. The van der Waals surface area contributed by atoms with Crippen LogP contribution in [0.1, 0.15) is 24.1 Å². The van der Waals surface area contributed by atoms with Gasteiger partial charge in [-0.2, -0.15) is 0 Å².